The number of nitrogens with one attached hydrogen (secondary N) is 1. The van der Waals surface area contributed by atoms with Crippen LogP contribution in [0.4, 0.5) is 0 Å². The van der Waals surface area contributed by atoms with E-state index in [1.165, 1.54) is 11.8 Å². The molecular formula is C20H22N4O3S. The fourth-order valence-corrected chi connectivity index (χ4v) is 3.89. The Morgan fingerprint density at radius 2 is 1.96 bits per heavy atom. The van der Waals surface area contributed by atoms with Crippen LogP contribution in [0.15, 0.2) is 41.8 Å². The van der Waals surface area contributed by atoms with Crippen LogP contribution in [0.3, 0.4) is 0 Å². The Bertz CT molecular complexity index is 994. The van der Waals surface area contributed by atoms with Crippen LogP contribution in [0.25, 0.3) is 5.69 Å². The monoisotopic (exact) mass is 398 g/mol. The molecule has 146 valence electrons. The van der Waals surface area contributed by atoms with Gasteiger partial charge in [0.2, 0.25) is 0 Å². The zero-order valence-electron chi connectivity index (χ0n) is 16.2. The van der Waals surface area contributed by atoms with Crippen LogP contribution in [0.2, 0.25) is 0 Å². The second kappa shape index (κ2) is 8.43. The molecule has 2 aromatic heterocycles. The van der Waals surface area contributed by atoms with Crippen molar-refractivity contribution in [3.8, 4) is 5.69 Å². The summed E-state index contributed by atoms with van der Waals surface area (Å²) in [4.78, 5) is 28.2. The molecule has 1 atom stereocenters. The van der Waals surface area contributed by atoms with Crippen LogP contribution in [0.5, 0.6) is 0 Å². The van der Waals surface area contributed by atoms with Gasteiger partial charge in [-0.3, -0.25) is 9.36 Å². The van der Waals surface area contributed by atoms with E-state index in [1.54, 1.807) is 27.1 Å². The van der Waals surface area contributed by atoms with Gasteiger partial charge in [-0.25, -0.2) is 4.79 Å². The van der Waals surface area contributed by atoms with Gasteiger partial charge in [0.25, 0.3) is 0 Å². The first-order valence-corrected chi connectivity index (χ1v) is 9.84. The third kappa shape index (κ3) is 3.87. The number of esters is 1. The van der Waals surface area contributed by atoms with Crippen molar-refractivity contribution in [1.29, 1.82) is 0 Å². The number of thioether (sulfide) groups is 1. The van der Waals surface area contributed by atoms with Gasteiger partial charge in [0.05, 0.1) is 23.1 Å². The molecule has 3 rings (SSSR count). The van der Waals surface area contributed by atoms with Gasteiger partial charge in [0, 0.05) is 11.4 Å². The van der Waals surface area contributed by atoms with Crippen molar-refractivity contribution >= 4 is 23.5 Å². The Labute approximate surface area is 167 Å². The molecule has 0 aliphatic carbocycles. The zero-order chi connectivity index (χ0) is 20.3. The van der Waals surface area contributed by atoms with Crippen molar-refractivity contribution < 1.29 is 14.3 Å². The van der Waals surface area contributed by atoms with E-state index in [9.17, 15) is 9.59 Å². The normalized spacial score (nSPS) is 12.0. The van der Waals surface area contributed by atoms with E-state index in [2.05, 4.69) is 15.2 Å². The van der Waals surface area contributed by atoms with Crippen molar-refractivity contribution in [2.24, 2.45) is 0 Å². The van der Waals surface area contributed by atoms with Gasteiger partial charge in [-0.05, 0) is 45.4 Å². The number of carbonyl (C=O) groups excluding carboxylic acids is 2. The lowest BCUT2D eigenvalue weighted by atomic mass is 10.1. The minimum Gasteiger partial charge on any atom is -0.462 e. The van der Waals surface area contributed by atoms with Crippen molar-refractivity contribution in [1.82, 2.24) is 19.7 Å². The molecule has 0 fully saturated rings. The van der Waals surface area contributed by atoms with Crippen LogP contribution in [-0.2, 0) is 4.74 Å². The molecule has 1 unspecified atom stereocenters. The summed E-state index contributed by atoms with van der Waals surface area (Å²) in [5.74, 6) is -0.527. The van der Waals surface area contributed by atoms with Gasteiger partial charge >= 0.3 is 5.97 Å². The number of hydrogen-bond donors (Lipinski definition) is 1. The van der Waals surface area contributed by atoms with Gasteiger partial charge in [0.1, 0.15) is 6.33 Å². The molecule has 0 bridgehead atoms. The van der Waals surface area contributed by atoms with E-state index in [0.29, 0.717) is 27.7 Å². The number of ketones is 1. The van der Waals surface area contributed by atoms with Crippen LogP contribution < -0.4 is 0 Å². The summed E-state index contributed by atoms with van der Waals surface area (Å²) >= 11 is 1.32. The summed E-state index contributed by atoms with van der Waals surface area (Å²) < 4.78 is 6.93. The van der Waals surface area contributed by atoms with Crippen molar-refractivity contribution in [3.05, 3.63) is 59.2 Å². The predicted octanol–water partition coefficient (Wildman–Crippen LogP) is 3.75. The van der Waals surface area contributed by atoms with E-state index in [0.717, 1.165) is 5.69 Å². The Balaban J connectivity index is 1.83. The van der Waals surface area contributed by atoms with Crippen LogP contribution >= 0.6 is 11.8 Å². The van der Waals surface area contributed by atoms with Crippen molar-refractivity contribution in [2.45, 2.75) is 38.1 Å². The maximum Gasteiger partial charge on any atom is 0.340 e. The summed E-state index contributed by atoms with van der Waals surface area (Å²) in [5, 5.41) is 8.33. The predicted molar refractivity (Wildman–Crippen MR) is 107 cm³/mol. The molecule has 0 aliphatic rings. The summed E-state index contributed by atoms with van der Waals surface area (Å²) in [6.07, 6.45) is 1.62. The maximum absolute atomic E-state index is 13.0. The number of para-hydroxylation sites is 1. The minimum atomic E-state index is -0.420. The topological polar surface area (TPSA) is 89.9 Å². The molecule has 1 N–H and O–H groups in total. The average Bonchev–Trinajstić information content (AvgIpc) is 3.26. The van der Waals surface area contributed by atoms with Gasteiger partial charge in [-0.2, -0.15) is 0 Å². The number of aromatic amines is 1. The number of aromatic nitrogens is 4. The third-order valence-electron chi connectivity index (χ3n) is 4.37. The number of aryl methyl sites for hydroxylation is 1. The second-order valence-electron chi connectivity index (χ2n) is 6.29. The molecule has 0 spiro atoms. The molecule has 28 heavy (non-hydrogen) atoms. The SMILES string of the molecule is CCOC(=O)c1c(C)[nH]c(C(=O)C(C)Sc2nncn2-c2ccccc2)c1C. The van der Waals surface area contributed by atoms with E-state index in [1.807, 2.05) is 41.8 Å². The summed E-state index contributed by atoms with van der Waals surface area (Å²) in [7, 11) is 0. The lowest BCUT2D eigenvalue weighted by Crippen LogP contribution is -2.16. The Morgan fingerprint density at radius 3 is 2.64 bits per heavy atom. The van der Waals surface area contributed by atoms with Crippen molar-refractivity contribution in [3.63, 3.8) is 0 Å². The Kier molecular flexibility index (Phi) is 5.99. The van der Waals surface area contributed by atoms with E-state index < -0.39 is 11.2 Å². The number of Topliss-reactive ketones (excluding diaryl/α,β-unsaturated/α-hetero) is 1. The molecule has 8 heteroatoms. The highest BCUT2D eigenvalue weighted by Gasteiger charge is 2.27. The molecule has 0 radical (unpaired) electrons. The Morgan fingerprint density at radius 1 is 1.25 bits per heavy atom. The molecule has 0 amide bonds. The lowest BCUT2D eigenvalue weighted by molar-refractivity contribution is 0.0525. The van der Waals surface area contributed by atoms with Crippen molar-refractivity contribution in [2.75, 3.05) is 6.61 Å². The largest absolute Gasteiger partial charge is 0.462 e. The number of H-pyrrole nitrogens is 1. The number of carbonyl (C=O) groups is 2. The summed E-state index contributed by atoms with van der Waals surface area (Å²) in [6, 6.07) is 9.69. The standard InChI is InChI=1S/C20H22N4O3S/c1-5-27-19(26)16-12(2)17(22-13(16)3)18(25)14(4)28-20-23-21-11-24(20)15-9-7-6-8-10-15/h6-11,14,22H,5H2,1-4H3. The molecule has 3 aromatic rings. The van der Waals surface area contributed by atoms with Gasteiger partial charge in [-0.15, -0.1) is 10.2 Å². The number of benzene rings is 1. The van der Waals surface area contributed by atoms with E-state index in [-0.39, 0.29) is 12.4 Å². The van der Waals surface area contributed by atoms with Gasteiger partial charge in [0.15, 0.2) is 10.9 Å². The molecule has 0 saturated heterocycles. The van der Waals surface area contributed by atoms with E-state index >= 15 is 0 Å². The molecule has 0 saturated carbocycles. The fourth-order valence-electron chi connectivity index (χ4n) is 2.99. The first-order chi connectivity index (χ1) is 13.4. The first kappa shape index (κ1) is 19.9. The van der Waals surface area contributed by atoms with Gasteiger partial charge in [-0.1, -0.05) is 30.0 Å². The molecule has 0 aliphatic heterocycles. The molecule has 7 nitrogen and oxygen atoms in total. The summed E-state index contributed by atoms with van der Waals surface area (Å²) in [5.41, 5.74) is 3.01. The highest BCUT2D eigenvalue weighted by Crippen LogP contribution is 2.28. The lowest BCUT2D eigenvalue weighted by Gasteiger charge is -2.11. The smallest absolute Gasteiger partial charge is 0.340 e. The number of nitrogens with zero attached hydrogens (tertiary/aromatic N) is 3. The number of ether oxygens (including phenoxy) is 1. The second-order valence-corrected chi connectivity index (χ2v) is 7.60. The summed E-state index contributed by atoms with van der Waals surface area (Å²) in [6.45, 7) is 7.37. The third-order valence-corrected chi connectivity index (χ3v) is 5.42. The number of hydrogen-bond acceptors (Lipinski definition) is 6. The zero-order valence-corrected chi connectivity index (χ0v) is 17.0. The van der Waals surface area contributed by atoms with E-state index in [4.69, 9.17) is 4.74 Å². The van der Waals surface area contributed by atoms with Crippen LogP contribution in [0, 0.1) is 13.8 Å². The molecule has 2 heterocycles. The first-order valence-electron chi connectivity index (χ1n) is 8.96. The van der Waals surface area contributed by atoms with Crippen LogP contribution in [0.1, 0.15) is 46.0 Å². The molecule has 1 aromatic carbocycles. The minimum absolute atomic E-state index is 0.108. The Hall–Kier alpha value is -2.87. The highest BCUT2D eigenvalue weighted by atomic mass is 32.2. The fraction of sp³-hybridized carbons (Fsp3) is 0.300. The van der Waals surface area contributed by atoms with Gasteiger partial charge < -0.3 is 9.72 Å². The maximum atomic E-state index is 13.0. The number of rotatable bonds is 7. The average molecular weight is 398 g/mol. The quantitative estimate of drug-likeness (QED) is 0.370. The molecular weight excluding hydrogens is 376 g/mol. The highest BCUT2D eigenvalue weighted by molar-refractivity contribution is 8.00. The van der Waals surface area contributed by atoms with Crippen LogP contribution in [-0.4, -0.2) is 43.4 Å².